The highest BCUT2D eigenvalue weighted by Crippen LogP contribution is 2.52. The van der Waals surface area contributed by atoms with Crippen molar-refractivity contribution in [1.82, 2.24) is 10.2 Å². The quantitative estimate of drug-likeness (QED) is 0.644. The molecule has 0 unspecified atom stereocenters. The molecule has 1 saturated carbocycles. The van der Waals surface area contributed by atoms with Gasteiger partial charge < -0.3 is 10.1 Å². The van der Waals surface area contributed by atoms with Gasteiger partial charge >= 0.3 is 0 Å². The molecule has 2 aliphatic carbocycles. The fraction of sp³-hybridized carbons (Fsp3) is 0.421. The van der Waals surface area contributed by atoms with Gasteiger partial charge in [-0.15, -0.1) is 0 Å². The van der Waals surface area contributed by atoms with Crippen LogP contribution >= 0.6 is 0 Å². The van der Waals surface area contributed by atoms with Crippen LogP contribution in [0.4, 0.5) is 0 Å². The summed E-state index contributed by atoms with van der Waals surface area (Å²) in [5.74, 6) is -0.125. The number of imide groups is 1. The van der Waals surface area contributed by atoms with Crippen LogP contribution in [0.1, 0.15) is 12.0 Å². The van der Waals surface area contributed by atoms with Gasteiger partial charge in [0.05, 0.1) is 18.9 Å². The SMILES string of the molecule is COc1ccc(CNC(=O)CN2C(=O)[C@@H]3[C@@H](C2=O)[C@H]2C=C[C@H]3C2)cc1. The number of nitrogens with zero attached hydrogens (tertiary/aromatic N) is 1. The highest BCUT2D eigenvalue weighted by Gasteiger charge is 2.59. The van der Waals surface area contributed by atoms with Crippen molar-refractivity contribution in [2.24, 2.45) is 23.7 Å². The van der Waals surface area contributed by atoms with E-state index in [2.05, 4.69) is 5.32 Å². The average Bonchev–Trinajstić information content (AvgIpc) is 3.30. The van der Waals surface area contributed by atoms with E-state index >= 15 is 0 Å². The van der Waals surface area contributed by atoms with E-state index in [1.165, 1.54) is 0 Å². The van der Waals surface area contributed by atoms with Crippen LogP contribution in [-0.4, -0.2) is 36.3 Å². The number of allylic oxidation sites excluding steroid dienone is 2. The number of methoxy groups -OCH3 is 1. The van der Waals surface area contributed by atoms with Gasteiger partial charge in [-0.05, 0) is 36.0 Å². The summed E-state index contributed by atoms with van der Waals surface area (Å²) in [5, 5.41) is 2.77. The minimum absolute atomic E-state index is 0.166. The Morgan fingerprint density at radius 2 is 1.72 bits per heavy atom. The van der Waals surface area contributed by atoms with Gasteiger partial charge in [-0.25, -0.2) is 0 Å². The minimum atomic E-state index is -0.321. The number of ether oxygens (including phenoxy) is 1. The fourth-order valence-electron chi connectivity index (χ4n) is 4.26. The van der Waals surface area contributed by atoms with E-state index < -0.39 is 0 Å². The van der Waals surface area contributed by atoms with Crippen molar-refractivity contribution in [2.45, 2.75) is 13.0 Å². The Balaban J connectivity index is 1.35. The molecule has 6 nitrogen and oxygen atoms in total. The van der Waals surface area contributed by atoms with Gasteiger partial charge in [0.25, 0.3) is 0 Å². The summed E-state index contributed by atoms with van der Waals surface area (Å²) < 4.78 is 5.09. The Hall–Kier alpha value is -2.63. The standard InChI is InChI=1S/C19H20N2O4/c1-25-14-6-2-11(3-7-14)9-20-15(22)10-21-18(23)16-12-4-5-13(8-12)17(16)19(21)24/h2-7,12-13,16-17H,8-10H2,1H3,(H,20,22)/t12-,13-,16-,17-/m0/s1. The van der Waals surface area contributed by atoms with E-state index in [4.69, 9.17) is 4.74 Å². The maximum absolute atomic E-state index is 12.5. The number of amides is 3. The molecule has 4 rings (SSSR count). The van der Waals surface area contributed by atoms with Crippen LogP contribution < -0.4 is 10.1 Å². The van der Waals surface area contributed by atoms with E-state index in [1.54, 1.807) is 7.11 Å². The first kappa shape index (κ1) is 15.9. The van der Waals surface area contributed by atoms with Crippen molar-refractivity contribution in [3.8, 4) is 5.75 Å². The van der Waals surface area contributed by atoms with Gasteiger partial charge in [0, 0.05) is 6.54 Å². The molecule has 0 spiro atoms. The lowest BCUT2D eigenvalue weighted by atomic mass is 9.85. The molecule has 3 amide bonds. The van der Waals surface area contributed by atoms with Crippen molar-refractivity contribution < 1.29 is 19.1 Å². The van der Waals surface area contributed by atoms with Crippen LogP contribution in [0, 0.1) is 23.7 Å². The summed E-state index contributed by atoms with van der Waals surface area (Å²) in [5.41, 5.74) is 0.923. The maximum atomic E-state index is 12.5. The molecule has 0 radical (unpaired) electrons. The molecule has 1 aromatic carbocycles. The molecule has 130 valence electrons. The summed E-state index contributed by atoms with van der Waals surface area (Å²) in [7, 11) is 1.60. The van der Waals surface area contributed by atoms with Crippen molar-refractivity contribution in [2.75, 3.05) is 13.7 Å². The number of carbonyl (C=O) groups excluding carboxylic acids is 3. The summed E-state index contributed by atoms with van der Waals surface area (Å²) in [6, 6.07) is 7.36. The number of nitrogens with one attached hydrogen (secondary N) is 1. The highest BCUT2D eigenvalue weighted by atomic mass is 16.5. The molecule has 0 aromatic heterocycles. The van der Waals surface area contributed by atoms with Gasteiger partial charge in [0.2, 0.25) is 17.7 Å². The third-order valence-corrected chi connectivity index (χ3v) is 5.51. The minimum Gasteiger partial charge on any atom is -0.497 e. The normalized spacial score (nSPS) is 29.2. The van der Waals surface area contributed by atoms with Crippen LogP contribution in [0.15, 0.2) is 36.4 Å². The number of benzene rings is 1. The van der Waals surface area contributed by atoms with Crippen LogP contribution in [0.2, 0.25) is 0 Å². The lowest BCUT2D eigenvalue weighted by molar-refractivity contribution is -0.144. The number of rotatable bonds is 5. The topological polar surface area (TPSA) is 75.7 Å². The fourth-order valence-corrected chi connectivity index (χ4v) is 4.26. The molecule has 3 aliphatic rings. The van der Waals surface area contributed by atoms with Gasteiger partial charge in [0.1, 0.15) is 12.3 Å². The number of hydrogen-bond acceptors (Lipinski definition) is 4. The highest BCUT2D eigenvalue weighted by molar-refractivity contribution is 6.08. The molecular formula is C19H20N2O4. The number of hydrogen-bond donors (Lipinski definition) is 1. The maximum Gasteiger partial charge on any atom is 0.240 e. The lowest BCUT2D eigenvalue weighted by Crippen LogP contribution is -2.41. The monoisotopic (exact) mass is 340 g/mol. The van der Waals surface area contributed by atoms with E-state index in [-0.39, 0.29) is 47.9 Å². The third-order valence-electron chi connectivity index (χ3n) is 5.51. The molecule has 1 heterocycles. The Kier molecular flexibility index (Phi) is 3.82. The van der Waals surface area contributed by atoms with Crippen LogP contribution in [-0.2, 0) is 20.9 Å². The largest absolute Gasteiger partial charge is 0.497 e. The summed E-state index contributed by atoms with van der Waals surface area (Å²) in [4.78, 5) is 38.4. The van der Waals surface area contributed by atoms with Gasteiger partial charge in [-0.2, -0.15) is 0 Å². The number of carbonyl (C=O) groups is 3. The second kappa shape index (κ2) is 6.02. The van der Waals surface area contributed by atoms with Gasteiger partial charge in [-0.1, -0.05) is 24.3 Å². The molecular weight excluding hydrogens is 320 g/mol. The van der Waals surface area contributed by atoms with E-state index in [9.17, 15) is 14.4 Å². The number of likely N-dealkylation sites (tertiary alicyclic amines) is 1. The average molecular weight is 340 g/mol. The molecule has 1 N–H and O–H groups in total. The smallest absolute Gasteiger partial charge is 0.240 e. The summed E-state index contributed by atoms with van der Waals surface area (Å²) in [6.45, 7) is 0.152. The first-order valence-electron chi connectivity index (χ1n) is 8.51. The lowest BCUT2D eigenvalue weighted by Gasteiger charge is -2.16. The van der Waals surface area contributed by atoms with Crippen molar-refractivity contribution in [1.29, 1.82) is 0 Å². The Morgan fingerprint density at radius 3 is 2.28 bits per heavy atom. The molecule has 1 aromatic rings. The van der Waals surface area contributed by atoms with E-state index in [0.717, 1.165) is 22.6 Å². The second-order valence-corrected chi connectivity index (χ2v) is 6.89. The molecule has 2 fully saturated rings. The second-order valence-electron chi connectivity index (χ2n) is 6.89. The van der Waals surface area contributed by atoms with Crippen molar-refractivity contribution >= 4 is 17.7 Å². The molecule has 1 saturated heterocycles. The van der Waals surface area contributed by atoms with Gasteiger partial charge in [0.15, 0.2) is 0 Å². The predicted molar refractivity (Wildman–Crippen MR) is 89.3 cm³/mol. The zero-order valence-electron chi connectivity index (χ0n) is 14.0. The van der Waals surface area contributed by atoms with E-state index in [0.29, 0.717) is 6.54 Å². The van der Waals surface area contributed by atoms with Crippen molar-refractivity contribution in [3.05, 3.63) is 42.0 Å². The third kappa shape index (κ3) is 2.62. The Morgan fingerprint density at radius 1 is 1.12 bits per heavy atom. The van der Waals surface area contributed by atoms with Gasteiger partial charge in [-0.3, -0.25) is 19.3 Å². The molecule has 6 heteroatoms. The molecule has 1 aliphatic heterocycles. The Labute approximate surface area is 145 Å². The first-order valence-corrected chi connectivity index (χ1v) is 8.51. The summed E-state index contributed by atoms with van der Waals surface area (Å²) in [6.07, 6.45) is 4.98. The zero-order valence-corrected chi connectivity index (χ0v) is 14.0. The van der Waals surface area contributed by atoms with Crippen LogP contribution in [0.3, 0.4) is 0 Å². The summed E-state index contributed by atoms with van der Waals surface area (Å²) >= 11 is 0. The number of fused-ring (bicyclic) bond motifs is 5. The molecule has 2 bridgehead atoms. The zero-order chi connectivity index (χ0) is 17.6. The first-order chi connectivity index (χ1) is 12.1. The van der Waals surface area contributed by atoms with Crippen molar-refractivity contribution in [3.63, 3.8) is 0 Å². The van der Waals surface area contributed by atoms with Crippen LogP contribution in [0.25, 0.3) is 0 Å². The van der Waals surface area contributed by atoms with E-state index in [1.807, 2.05) is 36.4 Å². The van der Waals surface area contributed by atoms with Crippen LogP contribution in [0.5, 0.6) is 5.75 Å². The molecule has 4 atom stereocenters. The Bertz CT molecular complexity index is 725. The predicted octanol–water partition coefficient (Wildman–Crippen LogP) is 1.12. The molecule has 25 heavy (non-hydrogen) atoms.